The highest BCUT2D eigenvalue weighted by atomic mass is 19.4. The SMILES string of the molecule is CC1CCC(C(=O)O)C(C)(c2cccc(C(F)(F)F)c2)C1. The van der Waals surface area contributed by atoms with Crippen LogP contribution in [0.4, 0.5) is 13.2 Å². The van der Waals surface area contributed by atoms with Crippen molar-refractivity contribution < 1.29 is 23.1 Å². The molecule has 1 aromatic carbocycles. The molecule has 21 heavy (non-hydrogen) atoms. The largest absolute Gasteiger partial charge is 0.481 e. The Morgan fingerprint density at radius 1 is 1.33 bits per heavy atom. The minimum atomic E-state index is -4.41. The van der Waals surface area contributed by atoms with Crippen molar-refractivity contribution in [2.75, 3.05) is 0 Å². The molecule has 1 N–H and O–H groups in total. The van der Waals surface area contributed by atoms with Crippen molar-refractivity contribution >= 4 is 5.97 Å². The first-order valence-corrected chi connectivity index (χ1v) is 7.05. The monoisotopic (exact) mass is 300 g/mol. The minimum absolute atomic E-state index is 0.306. The van der Waals surface area contributed by atoms with E-state index in [-0.39, 0.29) is 0 Å². The lowest BCUT2D eigenvalue weighted by Crippen LogP contribution is -2.42. The zero-order valence-electron chi connectivity index (χ0n) is 12.1. The molecule has 0 heterocycles. The van der Waals surface area contributed by atoms with E-state index in [0.717, 1.165) is 18.6 Å². The van der Waals surface area contributed by atoms with Crippen LogP contribution < -0.4 is 0 Å². The van der Waals surface area contributed by atoms with Gasteiger partial charge in [0.2, 0.25) is 0 Å². The first-order chi connectivity index (χ1) is 9.64. The van der Waals surface area contributed by atoms with E-state index >= 15 is 0 Å². The highest BCUT2D eigenvalue weighted by molar-refractivity contribution is 5.72. The molecule has 0 bridgehead atoms. The van der Waals surface area contributed by atoms with Crippen molar-refractivity contribution in [3.05, 3.63) is 35.4 Å². The van der Waals surface area contributed by atoms with Gasteiger partial charge >= 0.3 is 12.1 Å². The molecule has 0 radical (unpaired) electrons. The van der Waals surface area contributed by atoms with Gasteiger partial charge in [-0.15, -0.1) is 0 Å². The number of hydrogen-bond donors (Lipinski definition) is 1. The van der Waals surface area contributed by atoms with Crippen LogP contribution in [0.1, 0.15) is 44.2 Å². The van der Waals surface area contributed by atoms with Crippen LogP contribution in [0.2, 0.25) is 0 Å². The fourth-order valence-electron chi connectivity index (χ4n) is 3.50. The Kier molecular flexibility index (Phi) is 4.04. The third-order valence-electron chi connectivity index (χ3n) is 4.64. The number of rotatable bonds is 2. The number of carbonyl (C=O) groups is 1. The number of carboxylic acids is 1. The van der Waals surface area contributed by atoms with E-state index in [9.17, 15) is 23.1 Å². The Balaban J connectivity index is 2.47. The lowest BCUT2D eigenvalue weighted by atomic mass is 9.61. The molecule has 0 amide bonds. The Morgan fingerprint density at radius 2 is 2.00 bits per heavy atom. The van der Waals surface area contributed by atoms with Gasteiger partial charge in [0.15, 0.2) is 0 Å². The Bertz CT molecular complexity index is 539. The maximum atomic E-state index is 12.9. The standard InChI is InChI=1S/C16H19F3O2/c1-10-6-7-13(14(20)21)15(2,9-10)11-4-3-5-12(8-11)16(17,18)19/h3-5,8,10,13H,6-7,9H2,1-2H3,(H,20,21). The average Bonchev–Trinajstić information content (AvgIpc) is 2.37. The normalized spacial score (nSPS) is 30.1. The second-order valence-corrected chi connectivity index (χ2v) is 6.27. The summed E-state index contributed by atoms with van der Waals surface area (Å²) in [7, 11) is 0. The molecule has 1 aliphatic carbocycles. The first kappa shape index (κ1) is 15.9. The summed E-state index contributed by atoms with van der Waals surface area (Å²) >= 11 is 0. The summed E-state index contributed by atoms with van der Waals surface area (Å²) in [5.74, 6) is -1.26. The Hall–Kier alpha value is -1.52. The fraction of sp³-hybridized carbons (Fsp3) is 0.562. The smallest absolute Gasteiger partial charge is 0.416 e. The van der Waals surface area contributed by atoms with E-state index in [2.05, 4.69) is 0 Å². The van der Waals surface area contributed by atoms with Crippen LogP contribution in [0, 0.1) is 11.8 Å². The molecule has 1 fully saturated rings. The molecule has 0 spiro atoms. The van der Waals surface area contributed by atoms with Crippen LogP contribution in [-0.2, 0) is 16.4 Å². The maximum absolute atomic E-state index is 12.9. The molecule has 1 aromatic rings. The van der Waals surface area contributed by atoms with Crippen LogP contribution >= 0.6 is 0 Å². The first-order valence-electron chi connectivity index (χ1n) is 7.05. The topological polar surface area (TPSA) is 37.3 Å². The summed E-state index contributed by atoms with van der Waals surface area (Å²) in [4.78, 5) is 11.5. The quantitative estimate of drug-likeness (QED) is 0.874. The van der Waals surface area contributed by atoms with E-state index < -0.39 is 29.0 Å². The molecule has 5 heteroatoms. The van der Waals surface area contributed by atoms with Gasteiger partial charge in [-0.25, -0.2) is 0 Å². The number of aliphatic carboxylic acids is 1. The van der Waals surface area contributed by atoms with Gasteiger partial charge in [-0.2, -0.15) is 13.2 Å². The zero-order chi connectivity index (χ0) is 15.8. The van der Waals surface area contributed by atoms with Gasteiger partial charge in [0.25, 0.3) is 0 Å². The second kappa shape index (κ2) is 5.35. The number of benzene rings is 1. The molecular weight excluding hydrogens is 281 g/mol. The van der Waals surface area contributed by atoms with Gasteiger partial charge in [-0.3, -0.25) is 4.79 Å². The average molecular weight is 300 g/mol. The van der Waals surface area contributed by atoms with Crippen molar-refractivity contribution in [2.24, 2.45) is 11.8 Å². The molecule has 0 aromatic heterocycles. The summed E-state index contributed by atoms with van der Waals surface area (Å²) in [6.45, 7) is 3.79. The van der Waals surface area contributed by atoms with Crippen LogP contribution in [0.3, 0.4) is 0 Å². The summed E-state index contributed by atoms with van der Waals surface area (Å²) in [6, 6.07) is 5.10. The fourth-order valence-corrected chi connectivity index (χ4v) is 3.50. The van der Waals surface area contributed by atoms with Crippen molar-refractivity contribution in [2.45, 2.75) is 44.7 Å². The number of carboxylic acid groups (broad SMARTS) is 1. The van der Waals surface area contributed by atoms with E-state index in [1.807, 2.05) is 6.92 Å². The molecule has 0 saturated heterocycles. The van der Waals surface area contributed by atoms with Gasteiger partial charge < -0.3 is 5.11 Å². The lowest BCUT2D eigenvalue weighted by Gasteiger charge is -2.42. The molecule has 2 nitrogen and oxygen atoms in total. The molecular formula is C16H19F3O2. The van der Waals surface area contributed by atoms with E-state index in [1.54, 1.807) is 13.0 Å². The van der Waals surface area contributed by atoms with Crippen molar-refractivity contribution in [3.8, 4) is 0 Å². The molecule has 1 saturated carbocycles. The minimum Gasteiger partial charge on any atom is -0.481 e. The van der Waals surface area contributed by atoms with E-state index in [4.69, 9.17) is 0 Å². The predicted octanol–water partition coefficient (Wildman–Crippen LogP) is 4.48. The van der Waals surface area contributed by atoms with Crippen LogP contribution in [0.25, 0.3) is 0 Å². The van der Waals surface area contributed by atoms with Crippen molar-refractivity contribution in [1.82, 2.24) is 0 Å². The van der Waals surface area contributed by atoms with Crippen LogP contribution in [-0.4, -0.2) is 11.1 Å². The zero-order valence-corrected chi connectivity index (χ0v) is 12.1. The third kappa shape index (κ3) is 3.06. The Morgan fingerprint density at radius 3 is 2.57 bits per heavy atom. The Labute approximate surface area is 122 Å². The maximum Gasteiger partial charge on any atom is 0.416 e. The van der Waals surface area contributed by atoms with Gasteiger partial charge in [0.1, 0.15) is 0 Å². The molecule has 0 aliphatic heterocycles. The lowest BCUT2D eigenvalue weighted by molar-refractivity contribution is -0.146. The van der Waals surface area contributed by atoms with Gasteiger partial charge in [0, 0.05) is 5.41 Å². The number of alkyl halides is 3. The van der Waals surface area contributed by atoms with Gasteiger partial charge in [-0.1, -0.05) is 32.0 Å². The summed E-state index contributed by atoms with van der Waals surface area (Å²) in [5, 5.41) is 9.43. The summed E-state index contributed by atoms with van der Waals surface area (Å²) in [6.07, 6.45) is -2.52. The molecule has 116 valence electrons. The van der Waals surface area contributed by atoms with Crippen molar-refractivity contribution in [1.29, 1.82) is 0 Å². The van der Waals surface area contributed by atoms with E-state index in [1.165, 1.54) is 6.07 Å². The highest BCUT2D eigenvalue weighted by Crippen LogP contribution is 2.46. The van der Waals surface area contributed by atoms with Gasteiger partial charge in [-0.05, 0) is 36.8 Å². The van der Waals surface area contributed by atoms with E-state index in [0.29, 0.717) is 24.3 Å². The van der Waals surface area contributed by atoms with Gasteiger partial charge in [0.05, 0.1) is 11.5 Å². The van der Waals surface area contributed by atoms with Crippen LogP contribution in [0.15, 0.2) is 24.3 Å². The molecule has 3 atom stereocenters. The summed E-state index contributed by atoms with van der Waals surface area (Å²) < 4.78 is 38.6. The highest BCUT2D eigenvalue weighted by Gasteiger charge is 2.45. The molecule has 3 unspecified atom stereocenters. The number of hydrogen-bond acceptors (Lipinski definition) is 1. The second-order valence-electron chi connectivity index (χ2n) is 6.27. The molecule has 2 rings (SSSR count). The van der Waals surface area contributed by atoms with Crippen LogP contribution in [0.5, 0.6) is 0 Å². The number of halogens is 3. The molecule has 1 aliphatic rings. The predicted molar refractivity (Wildman–Crippen MR) is 72.9 cm³/mol. The third-order valence-corrected chi connectivity index (χ3v) is 4.64. The van der Waals surface area contributed by atoms with Crippen molar-refractivity contribution in [3.63, 3.8) is 0 Å². The summed E-state index contributed by atoms with van der Waals surface area (Å²) in [5.41, 5.74) is -1.01.